The van der Waals surface area contributed by atoms with Crippen LogP contribution < -0.4 is 0 Å². The molecular weight excluding hydrogens is 239 g/mol. The van der Waals surface area contributed by atoms with Crippen molar-refractivity contribution in [3.8, 4) is 5.75 Å². The van der Waals surface area contributed by atoms with Crippen molar-refractivity contribution in [2.45, 2.75) is 0 Å². The minimum absolute atomic E-state index is 0. The molecule has 0 radical (unpaired) electrons. The predicted octanol–water partition coefficient (Wildman–Crippen LogP) is 2.09. The fraction of sp³-hybridized carbons (Fsp3) is 0. The molecule has 0 amide bonds. The van der Waals surface area contributed by atoms with Crippen molar-refractivity contribution in [1.82, 2.24) is 0 Å². The molecule has 0 aromatic heterocycles. The Labute approximate surface area is 79.6 Å². The van der Waals surface area contributed by atoms with E-state index in [9.17, 15) is 22.0 Å². The van der Waals surface area contributed by atoms with E-state index in [-0.39, 0.29) is 17.1 Å². The first-order valence-electron chi connectivity index (χ1n) is 2.67. The van der Waals surface area contributed by atoms with Crippen LogP contribution in [0.1, 0.15) is 0 Å². The molecule has 0 saturated carbocycles. The molecule has 0 heterocycles. The van der Waals surface area contributed by atoms with Gasteiger partial charge in [0.2, 0.25) is 29.1 Å². The molecule has 0 atom stereocenters. The Morgan fingerprint density at radius 2 is 0.846 bits per heavy atom. The maximum absolute atomic E-state index is 12.2. The fourth-order valence-electron chi connectivity index (χ4n) is 0.593. The Bertz CT molecular complexity index is 235. The second-order valence-electron chi connectivity index (χ2n) is 1.92. The van der Waals surface area contributed by atoms with E-state index in [1.165, 1.54) is 0 Å². The van der Waals surface area contributed by atoms with Gasteiger partial charge in [0.15, 0.2) is 5.75 Å². The van der Waals surface area contributed by atoms with E-state index in [2.05, 4.69) is 0 Å². The Morgan fingerprint density at radius 1 is 0.615 bits per heavy atom. The summed E-state index contributed by atoms with van der Waals surface area (Å²) in [5.74, 6) is -12.9. The molecule has 0 aliphatic heterocycles. The van der Waals surface area contributed by atoms with Crippen LogP contribution in [-0.2, 0) is 17.1 Å². The fourth-order valence-corrected chi connectivity index (χ4v) is 0.593. The Morgan fingerprint density at radius 3 is 1.15 bits per heavy atom. The average molecular weight is 240 g/mol. The molecule has 0 fully saturated rings. The van der Waals surface area contributed by atoms with Gasteiger partial charge < -0.3 is 5.11 Å². The second-order valence-corrected chi connectivity index (χ2v) is 1.92. The standard InChI is InChI=1S/C6HF5O.Fe/c7-1-2(8)4(10)6(12)5(11)3(1)9;/h12H;. The zero-order valence-corrected chi connectivity index (χ0v) is 6.79. The molecule has 1 N–H and O–H groups in total. The normalized spacial score (nSPS) is 9.62. The van der Waals surface area contributed by atoms with Gasteiger partial charge in [0.05, 0.1) is 0 Å². The summed E-state index contributed by atoms with van der Waals surface area (Å²) in [7, 11) is 0. The van der Waals surface area contributed by atoms with E-state index >= 15 is 0 Å². The van der Waals surface area contributed by atoms with Crippen LogP contribution in [0.25, 0.3) is 0 Å². The Hall–Kier alpha value is -0.811. The van der Waals surface area contributed by atoms with E-state index in [1.54, 1.807) is 0 Å². The minimum atomic E-state index is -2.29. The second kappa shape index (κ2) is 3.93. The monoisotopic (exact) mass is 240 g/mol. The van der Waals surface area contributed by atoms with E-state index in [0.717, 1.165) is 0 Å². The maximum Gasteiger partial charge on any atom is 0.206 e. The van der Waals surface area contributed by atoms with Crippen molar-refractivity contribution >= 4 is 0 Å². The van der Waals surface area contributed by atoms with Gasteiger partial charge in [0.1, 0.15) is 0 Å². The van der Waals surface area contributed by atoms with Gasteiger partial charge in [-0.25, -0.2) is 13.2 Å². The molecule has 1 rings (SSSR count). The van der Waals surface area contributed by atoms with Gasteiger partial charge in [-0.2, -0.15) is 8.78 Å². The quantitative estimate of drug-likeness (QED) is 0.318. The van der Waals surface area contributed by atoms with Crippen LogP contribution in [-0.4, -0.2) is 5.11 Å². The first-order valence-corrected chi connectivity index (χ1v) is 2.67. The molecule has 0 spiro atoms. The van der Waals surface area contributed by atoms with E-state index in [0.29, 0.717) is 0 Å². The molecule has 0 aliphatic rings. The number of phenolic OH excluding ortho intramolecular Hbond substituents is 1. The summed E-state index contributed by atoms with van der Waals surface area (Å²) in [6.45, 7) is 0. The summed E-state index contributed by atoms with van der Waals surface area (Å²) in [5.41, 5.74) is 0. The number of phenols is 1. The molecule has 1 nitrogen and oxygen atoms in total. The van der Waals surface area contributed by atoms with Crippen molar-refractivity contribution in [2.75, 3.05) is 0 Å². The third-order valence-electron chi connectivity index (χ3n) is 1.19. The molecule has 74 valence electrons. The summed E-state index contributed by atoms with van der Waals surface area (Å²) in [6.07, 6.45) is 0. The van der Waals surface area contributed by atoms with Gasteiger partial charge in [-0.15, -0.1) is 0 Å². The topological polar surface area (TPSA) is 20.2 Å². The summed E-state index contributed by atoms with van der Waals surface area (Å²) < 4.78 is 60.6. The maximum atomic E-state index is 12.2. The molecule has 0 unspecified atom stereocenters. The number of benzene rings is 1. The van der Waals surface area contributed by atoms with E-state index in [1.807, 2.05) is 0 Å². The molecule has 0 aliphatic carbocycles. The SMILES string of the molecule is Oc1c(F)c(F)c(F)c(F)c1F.[Fe]. The number of rotatable bonds is 0. The predicted molar refractivity (Wildman–Crippen MR) is 27.9 cm³/mol. The molecule has 1 aromatic carbocycles. The average Bonchev–Trinajstić information content (AvgIpc) is 2.08. The van der Waals surface area contributed by atoms with E-state index < -0.39 is 34.8 Å². The number of halogens is 5. The van der Waals surface area contributed by atoms with Crippen LogP contribution >= 0.6 is 0 Å². The minimum Gasteiger partial charge on any atom is -0.503 e. The molecule has 13 heavy (non-hydrogen) atoms. The molecule has 0 bridgehead atoms. The summed E-state index contributed by atoms with van der Waals surface area (Å²) in [6, 6.07) is 0. The summed E-state index contributed by atoms with van der Waals surface area (Å²) in [5, 5.41) is 8.30. The number of hydrogen-bond donors (Lipinski definition) is 1. The molecule has 0 saturated heterocycles. The van der Waals surface area contributed by atoms with Gasteiger partial charge in [0, 0.05) is 17.1 Å². The van der Waals surface area contributed by atoms with Gasteiger partial charge in [-0.05, 0) is 0 Å². The molecule has 7 heteroatoms. The Balaban J connectivity index is 0.00000144. The van der Waals surface area contributed by atoms with Crippen LogP contribution in [0.3, 0.4) is 0 Å². The largest absolute Gasteiger partial charge is 0.503 e. The van der Waals surface area contributed by atoms with Crippen LogP contribution in [0.4, 0.5) is 22.0 Å². The third-order valence-corrected chi connectivity index (χ3v) is 1.19. The summed E-state index contributed by atoms with van der Waals surface area (Å²) >= 11 is 0. The van der Waals surface area contributed by atoms with Crippen LogP contribution in [0.2, 0.25) is 0 Å². The van der Waals surface area contributed by atoms with Gasteiger partial charge in [-0.3, -0.25) is 0 Å². The van der Waals surface area contributed by atoms with Crippen LogP contribution in [0.15, 0.2) is 0 Å². The molecule has 1 aromatic rings. The van der Waals surface area contributed by atoms with Gasteiger partial charge in [-0.1, -0.05) is 0 Å². The van der Waals surface area contributed by atoms with Crippen molar-refractivity contribution in [2.24, 2.45) is 0 Å². The van der Waals surface area contributed by atoms with Crippen molar-refractivity contribution in [3.05, 3.63) is 29.1 Å². The van der Waals surface area contributed by atoms with Crippen molar-refractivity contribution in [3.63, 3.8) is 0 Å². The first kappa shape index (κ1) is 12.2. The van der Waals surface area contributed by atoms with Gasteiger partial charge in [0.25, 0.3) is 0 Å². The number of hydrogen-bond acceptors (Lipinski definition) is 1. The zero-order valence-electron chi connectivity index (χ0n) is 5.69. The van der Waals surface area contributed by atoms with Crippen molar-refractivity contribution < 1.29 is 44.1 Å². The van der Waals surface area contributed by atoms with E-state index in [4.69, 9.17) is 5.11 Å². The van der Waals surface area contributed by atoms with Crippen LogP contribution in [0, 0.1) is 29.1 Å². The van der Waals surface area contributed by atoms with Gasteiger partial charge >= 0.3 is 0 Å². The zero-order chi connectivity index (χ0) is 9.46. The molecular formula is C6HF5FeO. The summed E-state index contributed by atoms with van der Waals surface area (Å²) in [4.78, 5) is 0. The van der Waals surface area contributed by atoms with Crippen molar-refractivity contribution in [1.29, 1.82) is 0 Å². The smallest absolute Gasteiger partial charge is 0.206 e. The number of aromatic hydroxyl groups is 1. The first-order chi connectivity index (χ1) is 5.46. The van der Waals surface area contributed by atoms with Crippen LogP contribution in [0.5, 0.6) is 5.75 Å². The Kier molecular flexibility index (Phi) is 3.69. The third kappa shape index (κ3) is 1.76.